The van der Waals surface area contributed by atoms with E-state index in [-0.39, 0.29) is 5.78 Å². The Morgan fingerprint density at radius 1 is 1.00 bits per heavy atom. The monoisotopic (exact) mass is 265 g/mol. The summed E-state index contributed by atoms with van der Waals surface area (Å²) in [5.74, 6) is 0.0230. The minimum atomic E-state index is 0.0230. The Balaban J connectivity index is 2.22. The van der Waals surface area contributed by atoms with E-state index in [2.05, 4.69) is 0 Å². The van der Waals surface area contributed by atoms with Gasteiger partial charge in [-0.05, 0) is 30.7 Å². The molecule has 0 fully saturated rings. The van der Waals surface area contributed by atoms with Crippen molar-refractivity contribution in [3.05, 3.63) is 71.3 Å². The maximum Gasteiger partial charge on any atom is 0.187 e. The molecule has 102 valence electrons. The second-order valence-corrected chi connectivity index (χ2v) is 5.02. The number of carbonyl (C=O) groups is 1. The van der Waals surface area contributed by atoms with Gasteiger partial charge in [0, 0.05) is 25.3 Å². The van der Waals surface area contributed by atoms with Crippen LogP contribution in [0.5, 0.6) is 0 Å². The summed E-state index contributed by atoms with van der Waals surface area (Å²) in [6, 6.07) is 15.7. The summed E-state index contributed by atoms with van der Waals surface area (Å²) in [6.07, 6.45) is 3.49. The van der Waals surface area contributed by atoms with E-state index < -0.39 is 0 Å². The van der Waals surface area contributed by atoms with Crippen LogP contribution in [0.15, 0.2) is 54.6 Å². The Morgan fingerprint density at radius 3 is 2.30 bits per heavy atom. The topological polar surface area (TPSA) is 20.3 Å². The first-order valence-electron chi connectivity index (χ1n) is 6.63. The molecule has 2 rings (SSSR count). The SMILES string of the molecule is Cc1ccc(/C=C/C(=O)c2ccccc2N(C)C)cc1. The molecule has 2 heteroatoms. The van der Waals surface area contributed by atoms with E-state index in [1.807, 2.05) is 80.5 Å². The number of rotatable bonds is 4. The van der Waals surface area contributed by atoms with E-state index in [1.54, 1.807) is 6.08 Å². The Morgan fingerprint density at radius 2 is 1.65 bits per heavy atom. The van der Waals surface area contributed by atoms with Gasteiger partial charge in [0.1, 0.15) is 0 Å². The van der Waals surface area contributed by atoms with Crippen molar-refractivity contribution in [1.29, 1.82) is 0 Å². The second kappa shape index (κ2) is 6.20. The van der Waals surface area contributed by atoms with Crippen LogP contribution in [0.25, 0.3) is 6.08 Å². The predicted octanol–water partition coefficient (Wildman–Crippen LogP) is 3.96. The fraction of sp³-hybridized carbons (Fsp3) is 0.167. The molecule has 0 bridgehead atoms. The summed E-state index contributed by atoms with van der Waals surface area (Å²) in [6.45, 7) is 2.05. The molecule has 0 atom stereocenters. The highest BCUT2D eigenvalue weighted by molar-refractivity contribution is 6.10. The lowest BCUT2D eigenvalue weighted by molar-refractivity contribution is 0.104. The molecule has 2 aromatic carbocycles. The van der Waals surface area contributed by atoms with E-state index in [0.717, 1.165) is 16.8 Å². The molecule has 2 nitrogen and oxygen atoms in total. The van der Waals surface area contributed by atoms with Gasteiger partial charge < -0.3 is 4.90 Å². The molecule has 0 aliphatic heterocycles. The van der Waals surface area contributed by atoms with Gasteiger partial charge >= 0.3 is 0 Å². The predicted molar refractivity (Wildman–Crippen MR) is 85.3 cm³/mol. The molecule has 0 N–H and O–H groups in total. The minimum Gasteiger partial charge on any atom is -0.377 e. The zero-order chi connectivity index (χ0) is 14.5. The number of hydrogen-bond donors (Lipinski definition) is 0. The number of anilines is 1. The molecule has 0 aliphatic carbocycles. The first-order valence-corrected chi connectivity index (χ1v) is 6.63. The number of aryl methyl sites for hydroxylation is 1. The molecule has 0 saturated carbocycles. The van der Waals surface area contributed by atoms with Crippen molar-refractivity contribution in [1.82, 2.24) is 0 Å². The Labute approximate surface area is 120 Å². The molecule has 0 radical (unpaired) electrons. The van der Waals surface area contributed by atoms with E-state index in [0.29, 0.717) is 0 Å². The van der Waals surface area contributed by atoms with Gasteiger partial charge in [0.25, 0.3) is 0 Å². The summed E-state index contributed by atoms with van der Waals surface area (Å²) >= 11 is 0. The standard InChI is InChI=1S/C18H19NO/c1-14-8-10-15(11-9-14)12-13-18(20)16-6-4-5-7-17(16)19(2)3/h4-13H,1-3H3/b13-12+. The summed E-state index contributed by atoms with van der Waals surface area (Å²) in [5.41, 5.74) is 3.91. The molecular weight excluding hydrogens is 246 g/mol. The van der Waals surface area contributed by atoms with Gasteiger partial charge in [-0.1, -0.05) is 48.0 Å². The first-order chi connectivity index (χ1) is 9.58. The zero-order valence-corrected chi connectivity index (χ0v) is 12.1. The number of ketones is 1. The summed E-state index contributed by atoms with van der Waals surface area (Å²) in [5, 5.41) is 0. The van der Waals surface area contributed by atoms with Crippen molar-refractivity contribution in [2.45, 2.75) is 6.92 Å². The highest BCUT2D eigenvalue weighted by atomic mass is 16.1. The fourth-order valence-electron chi connectivity index (χ4n) is 2.01. The minimum absolute atomic E-state index is 0.0230. The first kappa shape index (κ1) is 14.1. The van der Waals surface area contributed by atoms with Crippen LogP contribution in [0.4, 0.5) is 5.69 Å². The maximum absolute atomic E-state index is 12.3. The molecule has 0 saturated heterocycles. The molecule has 0 spiro atoms. The van der Waals surface area contributed by atoms with E-state index >= 15 is 0 Å². The number of allylic oxidation sites excluding steroid dienone is 1. The van der Waals surface area contributed by atoms with Gasteiger partial charge in [-0.2, -0.15) is 0 Å². The van der Waals surface area contributed by atoms with Crippen molar-refractivity contribution in [2.24, 2.45) is 0 Å². The van der Waals surface area contributed by atoms with E-state index in [4.69, 9.17) is 0 Å². The zero-order valence-electron chi connectivity index (χ0n) is 12.1. The third-order valence-electron chi connectivity index (χ3n) is 3.16. The lowest BCUT2D eigenvalue weighted by Gasteiger charge is -2.15. The van der Waals surface area contributed by atoms with Crippen molar-refractivity contribution in [3.63, 3.8) is 0 Å². The van der Waals surface area contributed by atoms with Crippen LogP contribution in [-0.4, -0.2) is 19.9 Å². The largest absolute Gasteiger partial charge is 0.377 e. The van der Waals surface area contributed by atoms with Gasteiger partial charge in [-0.3, -0.25) is 4.79 Å². The van der Waals surface area contributed by atoms with Gasteiger partial charge in [0.15, 0.2) is 5.78 Å². The van der Waals surface area contributed by atoms with Gasteiger partial charge in [0.05, 0.1) is 0 Å². The summed E-state index contributed by atoms with van der Waals surface area (Å²) < 4.78 is 0. The van der Waals surface area contributed by atoms with E-state index in [1.165, 1.54) is 5.56 Å². The van der Waals surface area contributed by atoms with Gasteiger partial charge in [-0.15, -0.1) is 0 Å². The molecule has 0 aromatic heterocycles. The lowest BCUT2D eigenvalue weighted by Crippen LogP contribution is -2.12. The van der Waals surface area contributed by atoms with Crippen LogP contribution in [0, 0.1) is 6.92 Å². The average Bonchev–Trinajstić information content (AvgIpc) is 2.46. The van der Waals surface area contributed by atoms with Gasteiger partial charge in [0.2, 0.25) is 0 Å². The Bertz CT molecular complexity index is 624. The number of nitrogens with zero attached hydrogens (tertiary/aromatic N) is 1. The Kier molecular flexibility index (Phi) is 4.36. The van der Waals surface area contributed by atoms with Crippen LogP contribution in [0.2, 0.25) is 0 Å². The third kappa shape index (κ3) is 3.35. The summed E-state index contributed by atoms with van der Waals surface area (Å²) in [7, 11) is 3.88. The maximum atomic E-state index is 12.3. The molecule has 0 unspecified atom stereocenters. The smallest absolute Gasteiger partial charge is 0.187 e. The molecular formula is C18H19NO. The third-order valence-corrected chi connectivity index (χ3v) is 3.16. The molecule has 2 aromatic rings. The number of carbonyl (C=O) groups excluding carboxylic acids is 1. The van der Waals surface area contributed by atoms with Gasteiger partial charge in [-0.25, -0.2) is 0 Å². The Hall–Kier alpha value is -2.35. The van der Waals surface area contributed by atoms with Crippen LogP contribution in [0.3, 0.4) is 0 Å². The quantitative estimate of drug-likeness (QED) is 0.616. The summed E-state index contributed by atoms with van der Waals surface area (Å²) in [4.78, 5) is 14.2. The van der Waals surface area contributed by atoms with Crippen LogP contribution < -0.4 is 4.90 Å². The second-order valence-electron chi connectivity index (χ2n) is 5.02. The fourth-order valence-corrected chi connectivity index (χ4v) is 2.01. The average molecular weight is 265 g/mol. The van der Waals surface area contributed by atoms with Crippen molar-refractivity contribution in [3.8, 4) is 0 Å². The molecule has 0 heterocycles. The lowest BCUT2D eigenvalue weighted by atomic mass is 10.1. The molecule has 0 amide bonds. The van der Waals surface area contributed by atoms with Crippen LogP contribution >= 0.6 is 0 Å². The normalized spacial score (nSPS) is 10.8. The molecule has 0 aliphatic rings. The number of para-hydroxylation sites is 1. The van der Waals surface area contributed by atoms with Crippen molar-refractivity contribution in [2.75, 3.05) is 19.0 Å². The van der Waals surface area contributed by atoms with Crippen LogP contribution in [0.1, 0.15) is 21.5 Å². The number of benzene rings is 2. The highest BCUT2D eigenvalue weighted by Crippen LogP contribution is 2.19. The van der Waals surface area contributed by atoms with Crippen molar-refractivity contribution >= 4 is 17.5 Å². The van der Waals surface area contributed by atoms with Crippen LogP contribution in [-0.2, 0) is 0 Å². The number of hydrogen-bond acceptors (Lipinski definition) is 2. The highest BCUT2D eigenvalue weighted by Gasteiger charge is 2.09. The van der Waals surface area contributed by atoms with E-state index in [9.17, 15) is 4.79 Å². The van der Waals surface area contributed by atoms with Crippen molar-refractivity contribution < 1.29 is 4.79 Å². The molecule has 20 heavy (non-hydrogen) atoms.